The summed E-state index contributed by atoms with van der Waals surface area (Å²) in [4.78, 5) is 24.7. The quantitative estimate of drug-likeness (QED) is 0.0259. The average Bonchev–Trinajstić information content (AvgIpc) is 3.30. The molecule has 0 saturated carbocycles. The van der Waals surface area contributed by atoms with Gasteiger partial charge in [-0.25, -0.2) is 0 Å². The zero-order chi connectivity index (χ0) is 55.4. The molecular weight excluding hydrogens is 1110 g/mol. The Kier molecular flexibility index (Phi) is 17.2. The van der Waals surface area contributed by atoms with Gasteiger partial charge in [0.25, 0.3) is 50.6 Å². The molecule has 0 radical (unpaired) electrons. The van der Waals surface area contributed by atoms with Gasteiger partial charge in [-0.1, -0.05) is 24.3 Å². The number of rotatable bonds is 22. The van der Waals surface area contributed by atoms with Gasteiger partial charge in [-0.3, -0.25) is 27.0 Å². The smallest absolute Gasteiger partial charge is 0.296 e. The van der Waals surface area contributed by atoms with Crippen LogP contribution in [0.1, 0.15) is 38.8 Å². The highest BCUT2D eigenvalue weighted by molar-refractivity contribution is 7.87. The summed E-state index contributed by atoms with van der Waals surface area (Å²) in [5.41, 5.74) is -1.28. The van der Waals surface area contributed by atoms with Crippen molar-refractivity contribution >= 4 is 132 Å². The largest absolute Gasteiger partial charge is 0.768 e. The van der Waals surface area contributed by atoms with E-state index in [1.165, 1.54) is 36.4 Å². The number of benzene rings is 4. The van der Waals surface area contributed by atoms with E-state index in [2.05, 4.69) is 51.2 Å². The second kappa shape index (κ2) is 22.5. The SMILES string of the molecule is CCN(CC)c1nc(Nc2ccc(/C=C/c3ccc(Nc4nc(Nc5cc(S(=O)(=O)O)ccc5S(=O)(=O)O)nc(N(CC)CC)n4)cc3S(=O)(=O)O)c(S(=O)[O-])c2)nc(Nc2cc(S(=O)(=O)O)ccc2S(=O)(=O)O)n1. The molecule has 9 N–H and O–H groups in total. The molecule has 0 saturated heterocycles. The summed E-state index contributed by atoms with van der Waals surface area (Å²) in [6, 6.07) is 11.7. The third-order valence-electron chi connectivity index (χ3n) is 10.3. The van der Waals surface area contributed by atoms with Crippen molar-refractivity contribution in [1.82, 2.24) is 29.9 Å². The van der Waals surface area contributed by atoms with E-state index in [-0.39, 0.29) is 51.2 Å². The molecule has 35 heteroatoms. The molecule has 0 aliphatic heterocycles. The predicted molar refractivity (Wildman–Crippen MR) is 271 cm³/mol. The van der Waals surface area contributed by atoms with Gasteiger partial charge in [0.2, 0.25) is 35.7 Å². The molecular formula is C40H43N12O17S6-. The monoisotopic (exact) mass is 1160 g/mol. The molecule has 75 heavy (non-hydrogen) atoms. The fraction of sp³-hybridized carbons (Fsp3) is 0.200. The number of nitrogens with zero attached hydrogens (tertiary/aromatic N) is 8. The number of nitrogens with one attached hydrogen (secondary N) is 4. The van der Waals surface area contributed by atoms with Crippen LogP contribution in [0.4, 0.5) is 58.4 Å². The van der Waals surface area contributed by atoms with Crippen molar-refractivity contribution in [2.75, 3.05) is 57.2 Å². The van der Waals surface area contributed by atoms with E-state index in [1.807, 2.05) is 0 Å². The van der Waals surface area contributed by atoms with Crippen LogP contribution in [0.15, 0.2) is 102 Å². The normalized spacial score (nSPS) is 12.8. The van der Waals surface area contributed by atoms with Crippen LogP contribution < -0.4 is 31.1 Å². The molecule has 0 fully saturated rings. The minimum atomic E-state index is -5.04. The van der Waals surface area contributed by atoms with Crippen LogP contribution in [0.25, 0.3) is 12.2 Å². The Labute approximate surface area is 431 Å². The highest BCUT2D eigenvalue weighted by Gasteiger charge is 2.24. The Morgan fingerprint density at radius 2 is 0.827 bits per heavy atom. The molecule has 0 aliphatic carbocycles. The third-order valence-corrected chi connectivity index (χ3v) is 15.5. The average molecular weight is 1160 g/mol. The fourth-order valence-electron chi connectivity index (χ4n) is 6.78. The van der Waals surface area contributed by atoms with Gasteiger partial charge in [0.15, 0.2) is 0 Å². The minimum absolute atomic E-state index is 0.000828. The summed E-state index contributed by atoms with van der Waals surface area (Å²) < 4.78 is 196. The van der Waals surface area contributed by atoms with Gasteiger partial charge in [0, 0.05) is 42.4 Å². The lowest BCUT2D eigenvalue weighted by molar-refractivity contribution is 0.479. The predicted octanol–water partition coefficient (Wildman–Crippen LogP) is 4.37. The highest BCUT2D eigenvalue weighted by atomic mass is 32.2. The fourth-order valence-corrected chi connectivity index (χ4v) is 10.3. The van der Waals surface area contributed by atoms with E-state index < -0.39 is 109 Å². The lowest BCUT2D eigenvalue weighted by Crippen LogP contribution is -2.25. The Morgan fingerprint density at radius 3 is 1.19 bits per heavy atom. The second-order valence-corrected chi connectivity index (χ2v) is 23.1. The summed E-state index contributed by atoms with van der Waals surface area (Å²) in [5, 5.41) is 10.6. The Balaban J connectivity index is 1.33. The maximum absolute atomic E-state index is 12.8. The van der Waals surface area contributed by atoms with Gasteiger partial charge in [-0.15, -0.1) is 0 Å². The number of aromatic nitrogens is 6. The molecule has 6 aromatic rings. The van der Waals surface area contributed by atoms with Crippen molar-refractivity contribution < 1.29 is 73.6 Å². The maximum atomic E-state index is 12.8. The molecule has 0 bridgehead atoms. The van der Waals surface area contributed by atoms with Gasteiger partial charge in [0.1, 0.15) is 14.7 Å². The van der Waals surface area contributed by atoms with Crippen LogP contribution in [-0.2, 0) is 61.7 Å². The first-order valence-corrected chi connectivity index (χ1v) is 29.5. The van der Waals surface area contributed by atoms with Crippen LogP contribution in [0, 0.1) is 0 Å². The molecule has 0 amide bonds. The van der Waals surface area contributed by atoms with Crippen LogP contribution in [0.5, 0.6) is 0 Å². The molecule has 0 aliphatic rings. The van der Waals surface area contributed by atoms with Gasteiger partial charge < -0.3 is 35.6 Å². The molecule has 402 valence electrons. The lowest BCUT2D eigenvalue weighted by atomic mass is 10.1. The van der Waals surface area contributed by atoms with E-state index in [0.29, 0.717) is 44.4 Å². The molecule has 4 aromatic carbocycles. The van der Waals surface area contributed by atoms with Gasteiger partial charge >= 0.3 is 0 Å². The second-order valence-electron chi connectivity index (χ2n) is 15.2. The Bertz CT molecular complexity index is 3830. The first-order valence-electron chi connectivity index (χ1n) is 21.2. The lowest BCUT2D eigenvalue weighted by Gasteiger charge is -2.20. The summed E-state index contributed by atoms with van der Waals surface area (Å²) in [7, 11) is -24.8. The highest BCUT2D eigenvalue weighted by Crippen LogP contribution is 2.32. The van der Waals surface area contributed by atoms with Crippen molar-refractivity contribution in [3.8, 4) is 0 Å². The summed E-state index contributed by atoms with van der Waals surface area (Å²) >= 11 is -2.97. The topological polar surface area (TPSA) is 444 Å². The van der Waals surface area contributed by atoms with Crippen molar-refractivity contribution in [1.29, 1.82) is 0 Å². The number of hydrogen-bond acceptors (Lipinski definition) is 24. The first kappa shape index (κ1) is 57.4. The van der Waals surface area contributed by atoms with Gasteiger partial charge in [-0.2, -0.15) is 72.0 Å². The summed E-state index contributed by atoms with van der Waals surface area (Å²) in [6.45, 7) is 8.36. The summed E-state index contributed by atoms with van der Waals surface area (Å²) in [6.07, 6.45) is 2.40. The van der Waals surface area contributed by atoms with Crippen LogP contribution in [0.2, 0.25) is 0 Å². The van der Waals surface area contributed by atoms with Crippen LogP contribution in [0.3, 0.4) is 0 Å². The third kappa shape index (κ3) is 14.5. The molecule has 1 atom stereocenters. The Hall–Kier alpha value is -6.90. The van der Waals surface area contributed by atoms with Gasteiger partial charge in [-0.05, 0) is 111 Å². The standard InChI is InChI=1S/C40H44N12O17S6/c1-5-51(6-2)39-47-35(45-37(49-39)43-29-21-27(71(55,56)57)15-17-32(29)73(61,62)63)41-25-13-11-23(31(19-25)70(53)54)9-10-24-12-14-26(20-34(24)75(67,68)69)42-36-46-38(50-40(48-36)52(7-3)8-4)44-30-22-28(72(58,59)60)16-18-33(30)74(64,65)66/h9-22H,5-8H2,1-4H3,(H,53,54)(H,55,56,57)(H,58,59,60)(H,61,62,63)(H,64,65,66)(H,67,68,69)(H2,41,43,45,47,49)(H2,42,44,46,48,50)/p-1/b10-9+. The minimum Gasteiger partial charge on any atom is -0.768 e. The Morgan fingerprint density at radius 1 is 0.467 bits per heavy atom. The molecule has 2 heterocycles. The van der Waals surface area contributed by atoms with Crippen molar-refractivity contribution in [2.24, 2.45) is 0 Å². The maximum Gasteiger partial charge on any atom is 0.296 e. The van der Waals surface area contributed by atoms with Crippen molar-refractivity contribution in [3.63, 3.8) is 0 Å². The zero-order valence-corrected chi connectivity index (χ0v) is 44.0. The van der Waals surface area contributed by atoms with E-state index in [0.717, 1.165) is 30.3 Å². The molecule has 29 nitrogen and oxygen atoms in total. The first-order chi connectivity index (χ1) is 34.9. The molecule has 6 rings (SSSR count). The molecule has 0 spiro atoms. The number of hydrogen-bond donors (Lipinski definition) is 9. The number of anilines is 10. The van der Waals surface area contributed by atoms with Gasteiger partial charge in [0.05, 0.1) is 21.2 Å². The van der Waals surface area contributed by atoms with Crippen molar-refractivity contribution in [2.45, 2.75) is 57.1 Å². The molecule has 1 unspecified atom stereocenters. The summed E-state index contributed by atoms with van der Waals surface area (Å²) in [5.74, 6) is -1.40. The van der Waals surface area contributed by atoms with E-state index in [1.54, 1.807) is 37.5 Å². The van der Waals surface area contributed by atoms with Crippen LogP contribution >= 0.6 is 0 Å². The van der Waals surface area contributed by atoms with E-state index in [9.17, 15) is 73.6 Å². The van der Waals surface area contributed by atoms with E-state index >= 15 is 0 Å². The molecule has 2 aromatic heterocycles. The van der Waals surface area contributed by atoms with Crippen LogP contribution in [-0.4, -0.2) is 130 Å². The zero-order valence-electron chi connectivity index (χ0n) is 39.1. The van der Waals surface area contributed by atoms with E-state index in [4.69, 9.17) is 0 Å². The van der Waals surface area contributed by atoms with Crippen molar-refractivity contribution in [3.05, 3.63) is 83.9 Å².